The monoisotopic (exact) mass is 409 g/mol. The Balaban J connectivity index is 1.40. The maximum Gasteiger partial charge on any atom is 0.250 e. The highest BCUT2D eigenvalue weighted by molar-refractivity contribution is 7.90. The Bertz CT molecular complexity index is 1150. The van der Waals surface area contributed by atoms with Gasteiger partial charge >= 0.3 is 0 Å². The number of nitrogens with one attached hydrogen (secondary N) is 2. The lowest BCUT2D eigenvalue weighted by atomic mass is 9.94. The molecule has 0 amide bonds. The van der Waals surface area contributed by atoms with Crippen molar-refractivity contribution in [3.05, 3.63) is 30.4 Å². The summed E-state index contributed by atoms with van der Waals surface area (Å²) in [5, 5.41) is -0.988. The van der Waals surface area contributed by atoms with Crippen LogP contribution in [0.3, 0.4) is 0 Å². The first kappa shape index (κ1) is 18.0. The lowest BCUT2D eigenvalue weighted by Gasteiger charge is -2.34. The quantitative estimate of drug-likeness (QED) is 0.693. The van der Waals surface area contributed by atoms with Gasteiger partial charge in [-0.05, 0) is 24.8 Å². The molecule has 7 nitrogen and oxygen atoms in total. The number of nitrogens with zero attached hydrogens (tertiary/aromatic N) is 3. The van der Waals surface area contributed by atoms with E-state index in [1.807, 2.05) is 18.5 Å². The highest BCUT2D eigenvalue weighted by Crippen LogP contribution is 2.43. The molecule has 2 N–H and O–H groups in total. The molecular weight excluding hydrogens is 388 g/mol. The third kappa shape index (κ3) is 2.81. The van der Waals surface area contributed by atoms with Crippen LogP contribution in [0.15, 0.2) is 24.7 Å². The Morgan fingerprint density at radius 3 is 2.79 bits per heavy atom. The molecule has 0 aliphatic heterocycles. The molecule has 0 radical (unpaired) electrons. The summed E-state index contributed by atoms with van der Waals surface area (Å²) in [6, 6.07) is 1.69. The zero-order chi connectivity index (χ0) is 19.7. The average molecular weight is 409 g/mol. The summed E-state index contributed by atoms with van der Waals surface area (Å²) in [5.41, 5.74) is 3.46. The molecule has 0 bridgehead atoms. The number of aromatic nitrogens is 4. The van der Waals surface area contributed by atoms with Gasteiger partial charge in [-0.2, -0.15) is 0 Å². The SMILES string of the molecule is C[C@@H]1CC(NS(=O)(=O)C2CC(F)(F)C2)C[C@@H]1c1cnc2cnc3[nH]ccc3n12. The van der Waals surface area contributed by atoms with Crippen molar-refractivity contribution in [3.63, 3.8) is 0 Å². The van der Waals surface area contributed by atoms with Crippen LogP contribution < -0.4 is 4.72 Å². The van der Waals surface area contributed by atoms with Crippen molar-refractivity contribution in [2.75, 3.05) is 0 Å². The van der Waals surface area contributed by atoms with Crippen molar-refractivity contribution in [2.45, 2.75) is 55.7 Å². The van der Waals surface area contributed by atoms with E-state index in [-0.39, 0.29) is 17.9 Å². The highest BCUT2D eigenvalue weighted by Gasteiger charge is 2.52. The van der Waals surface area contributed by atoms with Crippen LogP contribution in [0.25, 0.3) is 16.8 Å². The average Bonchev–Trinajstić information content (AvgIpc) is 3.29. The first-order valence-electron chi connectivity index (χ1n) is 9.42. The number of H-pyrrole nitrogens is 1. The molecule has 1 unspecified atom stereocenters. The van der Waals surface area contributed by atoms with Gasteiger partial charge in [0.25, 0.3) is 5.92 Å². The molecule has 3 aromatic heterocycles. The smallest absolute Gasteiger partial charge is 0.250 e. The molecule has 0 spiro atoms. The van der Waals surface area contributed by atoms with Crippen molar-refractivity contribution in [1.82, 2.24) is 24.1 Å². The van der Waals surface area contributed by atoms with Gasteiger partial charge in [0, 0.05) is 42.9 Å². The van der Waals surface area contributed by atoms with Crippen LogP contribution in [0.5, 0.6) is 0 Å². The summed E-state index contributed by atoms with van der Waals surface area (Å²) in [6.07, 6.45) is 5.48. The molecule has 2 saturated carbocycles. The van der Waals surface area contributed by atoms with Gasteiger partial charge < -0.3 is 4.98 Å². The zero-order valence-corrected chi connectivity index (χ0v) is 16.1. The minimum absolute atomic E-state index is 0.117. The lowest BCUT2D eigenvalue weighted by molar-refractivity contribution is -0.0688. The maximum absolute atomic E-state index is 13.1. The summed E-state index contributed by atoms with van der Waals surface area (Å²) in [4.78, 5) is 11.9. The fourth-order valence-corrected chi connectivity index (χ4v) is 6.44. The van der Waals surface area contributed by atoms with E-state index in [2.05, 4.69) is 31.0 Å². The van der Waals surface area contributed by atoms with E-state index in [4.69, 9.17) is 0 Å². The lowest BCUT2D eigenvalue weighted by Crippen LogP contribution is -2.50. The molecule has 3 aromatic rings. The van der Waals surface area contributed by atoms with E-state index in [1.54, 1.807) is 6.20 Å². The fraction of sp³-hybridized carbons (Fsp3) is 0.556. The predicted octanol–water partition coefficient (Wildman–Crippen LogP) is 2.81. The van der Waals surface area contributed by atoms with Crippen LogP contribution in [0.4, 0.5) is 8.78 Å². The number of rotatable bonds is 4. The van der Waals surface area contributed by atoms with Crippen molar-refractivity contribution < 1.29 is 17.2 Å². The number of aromatic amines is 1. The van der Waals surface area contributed by atoms with E-state index in [0.29, 0.717) is 12.8 Å². The van der Waals surface area contributed by atoms with Gasteiger partial charge in [-0.1, -0.05) is 6.92 Å². The molecule has 5 rings (SSSR count). The molecule has 10 heteroatoms. The molecule has 0 aromatic carbocycles. The third-order valence-electron chi connectivity index (χ3n) is 6.15. The van der Waals surface area contributed by atoms with Gasteiger partial charge in [-0.3, -0.25) is 4.40 Å². The number of imidazole rings is 1. The van der Waals surface area contributed by atoms with Crippen LogP contribution >= 0.6 is 0 Å². The Morgan fingerprint density at radius 2 is 2.04 bits per heavy atom. The standard InChI is InChI=1S/C18H21F2N5O2S/c1-10-4-11(24-28(26,27)12-6-18(19,20)7-12)5-13(10)15-8-22-16-9-23-17-14(25(15)16)2-3-21-17/h2-3,8-13,21,24H,4-7H2,1H3/t10-,11?,13+/m1/s1. The number of sulfonamides is 1. The van der Waals surface area contributed by atoms with Gasteiger partial charge in [-0.15, -0.1) is 0 Å². The third-order valence-corrected chi connectivity index (χ3v) is 8.03. The van der Waals surface area contributed by atoms with Crippen LogP contribution in [0.1, 0.15) is 44.2 Å². The molecule has 150 valence electrons. The second-order valence-electron chi connectivity index (χ2n) is 8.15. The first-order valence-corrected chi connectivity index (χ1v) is 11.0. The summed E-state index contributed by atoms with van der Waals surface area (Å²) in [6.45, 7) is 2.09. The molecule has 3 atom stereocenters. The molecule has 28 heavy (non-hydrogen) atoms. The second-order valence-corrected chi connectivity index (χ2v) is 10.1. The second kappa shape index (κ2) is 5.96. The van der Waals surface area contributed by atoms with E-state index in [1.165, 1.54) is 0 Å². The van der Waals surface area contributed by atoms with Gasteiger partial charge in [0.1, 0.15) is 0 Å². The van der Waals surface area contributed by atoms with Gasteiger partial charge in [0.15, 0.2) is 11.3 Å². The number of fused-ring (bicyclic) bond motifs is 3. The summed E-state index contributed by atoms with van der Waals surface area (Å²) in [7, 11) is -3.73. The number of hydrogen-bond donors (Lipinski definition) is 2. The van der Waals surface area contributed by atoms with E-state index >= 15 is 0 Å². The van der Waals surface area contributed by atoms with Crippen LogP contribution in [0, 0.1) is 5.92 Å². The van der Waals surface area contributed by atoms with E-state index in [0.717, 1.165) is 22.5 Å². The molecular formula is C18H21F2N5O2S. The van der Waals surface area contributed by atoms with Gasteiger partial charge in [-0.25, -0.2) is 31.9 Å². The van der Waals surface area contributed by atoms with Gasteiger partial charge in [0.2, 0.25) is 10.0 Å². The Kier molecular flexibility index (Phi) is 3.83. The molecule has 3 heterocycles. The molecule has 2 aliphatic rings. The van der Waals surface area contributed by atoms with Crippen LogP contribution in [0.2, 0.25) is 0 Å². The van der Waals surface area contributed by atoms with E-state index < -0.39 is 34.0 Å². The first-order chi connectivity index (χ1) is 13.2. The summed E-state index contributed by atoms with van der Waals surface area (Å²) < 4.78 is 55.8. The Hall–Kier alpha value is -2.07. The normalized spacial score (nSPS) is 28.2. The highest BCUT2D eigenvalue weighted by atomic mass is 32.2. The van der Waals surface area contributed by atoms with E-state index in [9.17, 15) is 17.2 Å². The zero-order valence-electron chi connectivity index (χ0n) is 15.3. The fourth-order valence-electron chi connectivity index (χ4n) is 4.66. The Morgan fingerprint density at radius 1 is 1.25 bits per heavy atom. The topological polar surface area (TPSA) is 92.2 Å². The molecule has 0 saturated heterocycles. The van der Waals surface area contributed by atoms with Crippen molar-refractivity contribution in [3.8, 4) is 0 Å². The largest absolute Gasteiger partial charge is 0.345 e. The number of hydrogen-bond acceptors (Lipinski definition) is 4. The van der Waals surface area contributed by atoms with Crippen LogP contribution in [-0.4, -0.2) is 45.0 Å². The summed E-state index contributed by atoms with van der Waals surface area (Å²) in [5.74, 6) is -2.50. The predicted molar refractivity (Wildman–Crippen MR) is 99.8 cm³/mol. The summed E-state index contributed by atoms with van der Waals surface area (Å²) >= 11 is 0. The maximum atomic E-state index is 13.1. The van der Waals surface area contributed by atoms with Crippen LogP contribution in [-0.2, 0) is 10.0 Å². The van der Waals surface area contributed by atoms with Crippen molar-refractivity contribution in [1.29, 1.82) is 0 Å². The minimum Gasteiger partial charge on any atom is -0.345 e. The molecule has 2 fully saturated rings. The molecule has 2 aliphatic carbocycles. The van der Waals surface area contributed by atoms with Gasteiger partial charge in [0.05, 0.1) is 17.0 Å². The number of halogens is 2. The van der Waals surface area contributed by atoms with Crippen molar-refractivity contribution >= 4 is 26.8 Å². The van der Waals surface area contributed by atoms with Crippen molar-refractivity contribution in [2.24, 2.45) is 5.92 Å². The number of alkyl halides is 2. The Labute approximate surface area is 160 Å². The minimum atomic E-state index is -3.73.